The highest BCUT2D eigenvalue weighted by atomic mass is 16.5. The minimum absolute atomic E-state index is 0.103. The molecule has 0 spiro atoms. The van der Waals surface area contributed by atoms with Crippen LogP contribution < -0.4 is 5.32 Å². The van der Waals surface area contributed by atoms with Gasteiger partial charge in [-0.3, -0.25) is 4.79 Å². The molecule has 0 aliphatic heterocycles. The van der Waals surface area contributed by atoms with Crippen LogP contribution in [0.3, 0.4) is 0 Å². The van der Waals surface area contributed by atoms with Crippen molar-refractivity contribution < 1.29 is 14.3 Å². The van der Waals surface area contributed by atoms with Gasteiger partial charge < -0.3 is 14.6 Å². The number of aromatic nitrogens is 1. The largest absolute Gasteiger partial charge is 0.462 e. The Labute approximate surface area is 183 Å². The Morgan fingerprint density at radius 2 is 1.97 bits per heavy atom. The molecule has 6 heteroatoms. The number of aryl methyl sites for hydroxylation is 1. The summed E-state index contributed by atoms with van der Waals surface area (Å²) >= 11 is 0. The number of rotatable bonds is 6. The van der Waals surface area contributed by atoms with Crippen LogP contribution in [0.15, 0.2) is 35.9 Å². The molecule has 1 fully saturated rings. The van der Waals surface area contributed by atoms with Crippen molar-refractivity contribution >= 4 is 18.0 Å². The third-order valence-electron chi connectivity index (χ3n) is 5.69. The van der Waals surface area contributed by atoms with Gasteiger partial charge in [-0.2, -0.15) is 5.26 Å². The molecule has 1 aromatic carbocycles. The lowest BCUT2D eigenvalue weighted by atomic mass is 9.95. The van der Waals surface area contributed by atoms with Gasteiger partial charge in [0, 0.05) is 23.1 Å². The Balaban J connectivity index is 1.88. The Hall–Kier alpha value is -3.33. The Bertz CT molecular complexity index is 1040. The summed E-state index contributed by atoms with van der Waals surface area (Å²) in [7, 11) is 0. The van der Waals surface area contributed by atoms with E-state index in [0.29, 0.717) is 12.2 Å². The van der Waals surface area contributed by atoms with E-state index in [-0.39, 0.29) is 23.5 Å². The molecular formula is C25H29N3O3. The van der Waals surface area contributed by atoms with Crippen LogP contribution in [0.5, 0.6) is 0 Å². The van der Waals surface area contributed by atoms with Gasteiger partial charge in [-0.05, 0) is 69.5 Å². The van der Waals surface area contributed by atoms with Crippen LogP contribution in [0.4, 0.5) is 0 Å². The van der Waals surface area contributed by atoms with Crippen molar-refractivity contribution in [2.24, 2.45) is 0 Å². The molecule has 6 nitrogen and oxygen atoms in total. The summed E-state index contributed by atoms with van der Waals surface area (Å²) < 4.78 is 7.10. The van der Waals surface area contributed by atoms with Crippen molar-refractivity contribution in [3.63, 3.8) is 0 Å². The molecule has 1 aliphatic carbocycles. The molecule has 1 amide bonds. The van der Waals surface area contributed by atoms with E-state index in [0.717, 1.165) is 48.3 Å². The summed E-state index contributed by atoms with van der Waals surface area (Å²) in [5.41, 5.74) is 4.03. The van der Waals surface area contributed by atoms with Gasteiger partial charge in [0.25, 0.3) is 5.91 Å². The lowest BCUT2D eigenvalue weighted by Crippen LogP contribution is -2.36. The average molecular weight is 420 g/mol. The van der Waals surface area contributed by atoms with Crippen molar-refractivity contribution in [3.05, 3.63) is 58.4 Å². The molecule has 1 aromatic heterocycles. The van der Waals surface area contributed by atoms with E-state index in [4.69, 9.17) is 4.74 Å². The summed E-state index contributed by atoms with van der Waals surface area (Å²) in [6.07, 6.45) is 7.01. The van der Waals surface area contributed by atoms with Crippen LogP contribution in [0, 0.1) is 25.2 Å². The molecule has 31 heavy (non-hydrogen) atoms. The fourth-order valence-electron chi connectivity index (χ4n) is 4.13. The van der Waals surface area contributed by atoms with Gasteiger partial charge in [0.2, 0.25) is 0 Å². The summed E-state index contributed by atoms with van der Waals surface area (Å²) in [6.45, 7) is 5.98. The molecule has 1 aliphatic rings. The smallest absolute Gasteiger partial charge is 0.338 e. The molecule has 0 radical (unpaired) electrons. The number of nitriles is 1. The zero-order chi connectivity index (χ0) is 22.4. The standard InChI is InChI=1S/C25H29N3O3/c1-4-31-25(30)19-9-8-12-23(15-19)28-17(2)13-20(18(28)3)14-21(16-26)24(29)27-22-10-6-5-7-11-22/h8-9,12-15,22H,4-7,10-11H2,1-3H3,(H,27,29)/b21-14+. The maximum absolute atomic E-state index is 12.6. The first-order valence-electron chi connectivity index (χ1n) is 10.8. The second-order valence-corrected chi connectivity index (χ2v) is 7.91. The highest BCUT2D eigenvalue weighted by Gasteiger charge is 2.19. The van der Waals surface area contributed by atoms with Crippen molar-refractivity contribution in [1.82, 2.24) is 9.88 Å². The first kappa shape index (κ1) is 22.4. The number of nitrogens with zero attached hydrogens (tertiary/aromatic N) is 2. The van der Waals surface area contributed by atoms with Crippen LogP contribution in [0.25, 0.3) is 11.8 Å². The Morgan fingerprint density at radius 3 is 2.65 bits per heavy atom. The van der Waals surface area contributed by atoms with E-state index in [1.807, 2.05) is 36.6 Å². The zero-order valence-corrected chi connectivity index (χ0v) is 18.4. The monoisotopic (exact) mass is 419 g/mol. The van der Waals surface area contributed by atoms with E-state index < -0.39 is 0 Å². The van der Waals surface area contributed by atoms with Gasteiger partial charge in [-0.15, -0.1) is 0 Å². The Kier molecular flexibility index (Phi) is 7.30. The van der Waals surface area contributed by atoms with Crippen LogP contribution in [-0.2, 0) is 9.53 Å². The quantitative estimate of drug-likeness (QED) is 0.420. The van der Waals surface area contributed by atoms with E-state index in [1.54, 1.807) is 25.1 Å². The highest BCUT2D eigenvalue weighted by Crippen LogP contribution is 2.24. The van der Waals surface area contributed by atoms with Crippen LogP contribution in [-0.4, -0.2) is 29.1 Å². The number of esters is 1. The van der Waals surface area contributed by atoms with Crippen molar-refractivity contribution in [1.29, 1.82) is 5.26 Å². The number of nitrogens with one attached hydrogen (secondary N) is 1. The number of carbonyl (C=O) groups excluding carboxylic acids is 2. The average Bonchev–Trinajstić information content (AvgIpc) is 3.05. The normalized spacial score (nSPS) is 14.7. The van der Waals surface area contributed by atoms with E-state index in [9.17, 15) is 14.9 Å². The van der Waals surface area contributed by atoms with Crippen molar-refractivity contribution in [2.75, 3.05) is 6.61 Å². The topological polar surface area (TPSA) is 84.1 Å². The molecule has 0 bridgehead atoms. The maximum Gasteiger partial charge on any atom is 0.338 e. The lowest BCUT2D eigenvalue weighted by molar-refractivity contribution is -0.117. The summed E-state index contributed by atoms with van der Waals surface area (Å²) in [6, 6.07) is 11.4. The number of ether oxygens (including phenoxy) is 1. The molecule has 3 rings (SSSR count). The number of amides is 1. The van der Waals surface area contributed by atoms with Crippen LogP contribution in [0.2, 0.25) is 0 Å². The molecule has 2 aromatic rings. The highest BCUT2D eigenvalue weighted by molar-refractivity contribution is 6.02. The molecule has 0 unspecified atom stereocenters. The number of hydrogen-bond acceptors (Lipinski definition) is 4. The fraction of sp³-hybridized carbons (Fsp3) is 0.400. The number of benzene rings is 1. The van der Waals surface area contributed by atoms with Crippen molar-refractivity contribution in [2.45, 2.75) is 58.9 Å². The van der Waals surface area contributed by atoms with Crippen LogP contribution in [0.1, 0.15) is 66.3 Å². The van der Waals surface area contributed by atoms with Gasteiger partial charge in [0.1, 0.15) is 11.6 Å². The fourth-order valence-corrected chi connectivity index (χ4v) is 4.13. The molecule has 0 atom stereocenters. The minimum atomic E-state index is -0.363. The number of hydrogen-bond donors (Lipinski definition) is 1. The predicted molar refractivity (Wildman–Crippen MR) is 120 cm³/mol. The second kappa shape index (κ2) is 10.1. The third kappa shape index (κ3) is 5.24. The molecule has 0 saturated heterocycles. The van der Waals surface area contributed by atoms with Gasteiger partial charge in [-0.25, -0.2) is 4.79 Å². The zero-order valence-electron chi connectivity index (χ0n) is 18.4. The van der Waals surface area contributed by atoms with E-state index >= 15 is 0 Å². The molecule has 162 valence electrons. The lowest BCUT2D eigenvalue weighted by Gasteiger charge is -2.22. The summed E-state index contributed by atoms with van der Waals surface area (Å²) in [5, 5.41) is 12.6. The SMILES string of the molecule is CCOC(=O)c1cccc(-n2c(C)cc(/C=C(\C#N)C(=O)NC3CCCCC3)c2C)c1. The van der Waals surface area contributed by atoms with Crippen LogP contribution >= 0.6 is 0 Å². The maximum atomic E-state index is 12.6. The third-order valence-corrected chi connectivity index (χ3v) is 5.69. The first-order valence-corrected chi connectivity index (χ1v) is 10.8. The van der Waals surface area contributed by atoms with Crippen molar-refractivity contribution in [3.8, 4) is 11.8 Å². The second-order valence-electron chi connectivity index (χ2n) is 7.91. The van der Waals surface area contributed by atoms with Gasteiger partial charge >= 0.3 is 5.97 Å². The first-order chi connectivity index (χ1) is 14.9. The molecule has 1 saturated carbocycles. The Morgan fingerprint density at radius 1 is 1.23 bits per heavy atom. The van der Waals surface area contributed by atoms with Gasteiger partial charge in [0.05, 0.1) is 12.2 Å². The number of carbonyl (C=O) groups is 2. The van der Waals surface area contributed by atoms with E-state index in [1.165, 1.54) is 6.42 Å². The van der Waals surface area contributed by atoms with E-state index in [2.05, 4.69) is 11.4 Å². The van der Waals surface area contributed by atoms with Gasteiger partial charge in [-0.1, -0.05) is 25.3 Å². The molecule has 1 N–H and O–H groups in total. The summed E-state index contributed by atoms with van der Waals surface area (Å²) in [5.74, 6) is -0.679. The van der Waals surface area contributed by atoms with Gasteiger partial charge in [0.15, 0.2) is 0 Å². The molecule has 1 heterocycles. The minimum Gasteiger partial charge on any atom is -0.462 e. The predicted octanol–water partition coefficient (Wildman–Crippen LogP) is 4.63. The molecular weight excluding hydrogens is 390 g/mol. The summed E-state index contributed by atoms with van der Waals surface area (Å²) in [4.78, 5) is 24.7.